The van der Waals surface area contributed by atoms with Crippen molar-refractivity contribution < 1.29 is 0 Å². The van der Waals surface area contributed by atoms with E-state index in [1.807, 2.05) is 24.3 Å². The second-order valence-corrected chi connectivity index (χ2v) is 7.35. The lowest BCUT2D eigenvalue weighted by Gasteiger charge is -2.35. The fourth-order valence-electron chi connectivity index (χ4n) is 3.24. The number of piperidine rings is 1. The molecule has 0 amide bonds. The lowest BCUT2D eigenvalue weighted by atomic mass is 9.99. The van der Waals surface area contributed by atoms with Crippen LogP contribution in [0.4, 0.5) is 0 Å². The van der Waals surface area contributed by atoms with Crippen LogP contribution in [0.2, 0.25) is 5.02 Å². The minimum absolute atomic E-state index is 0.0185. The summed E-state index contributed by atoms with van der Waals surface area (Å²) in [4.78, 5) is 18.5. The van der Waals surface area contributed by atoms with Crippen LogP contribution in [-0.4, -0.2) is 22.5 Å². The molecule has 0 saturated carbocycles. The SMILES string of the molecule is CCC1CCCCN1Cc1sc(=O)[nH]c1-c1ccc(Cl)cc1. The topological polar surface area (TPSA) is 36.1 Å². The smallest absolute Gasteiger partial charge is 0.305 e. The number of rotatable bonds is 4. The molecule has 22 heavy (non-hydrogen) atoms. The summed E-state index contributed by atoms with van der Waals surface area (Å²) in [6.07, 6.45) is 5.02. The number of hydrogen-bond acceptors (Lipinski definition) is 3. The largest absolute Gasteiger partial charge is 0.312 e. The third-order valence-corrected chi connectivity index (χ3v) is 5.54. The van der Waals surface area contributed by atoms with Crippen LogP contribution in [0.1, 0.15) is 37.5 Å². The zero-order valence-corrected chi connectivity index (χ0v) is 14.3. The Balaban J connectivity index is 1.87. The Morgan fingerprint density at radius 1 is 1.32 bits per heavy atom. The molecule has 0 spiro atoms. The van der Waals surface area contributed by atoms with Crippen LogP contribution in [0.5, 0.6) is 0 Å². The number of likely N-dealkylation sites (tertiary alicyclic amines) is 1. The first-order valence-corrected chi connectivity index (χ1v) is 9.08. The van der Waals surface area contributed by atoms with Gasteiger partial charge in [0.05, 0.1) is 5.69 Å². The van der Waals surface area contributed by atoms with Crippen molar-refractivity contribution in [1.82, 2.24) is 9.88 Å². The number of H-pyrrole nitrogens is 1. The third-order valence-electron chi connectivity index (χ3n) is 4.42. The number of aromatic nitrogens is 1. The van der Waals surface area contributed by atoms with Crippen LogP contribution in [0.3, 0.4) is 0 Å². The van der Waals surface area contributed by atoms with Gasteiger partial charge in [-0.15, -0.1) is 0 Å². The molecule has 1 aromatic carbocycles. The first kappa shape index (κ1) is 15.8. The fraction of sp³-hybridized carbons (Fsp3) is 0.471. The van der Waals surface area contributed by atoms with Gasteiger partial charge in [0.2, 0.25) is 0 Å². The number of aromatic amines is 1. The summed E-state index contributed by atoms with van der Waals surface area (Å²) >= 11 is 7.29. The van der Waals surface area contributed by atoms with E-state index >= 15 is 0 Å². The molecule has 1 atom stereocenters. The fourth-order valence-corrected chi connectivity index (χ4v) is 4.24. The highest BCUT2D eigenvalue weighted by atomic mass is 35.5. The van der Waals surface area contributed by atoms with Crippen LogP contribution in [0, 0.1) is 0 Å². The second kappa shape index (κ2) is 6.99. The Labute approximate surface area is 139 Å². The minimum Gasteiger partial charge on any atom is -0.312 e. The standard InChI is InChI=1S/C17H21ClN2OS/c1-2-14-5-3-4-10-20(14)11-15-16(19-17(21)22-15)12-6-8-13(18)9-7-12/h6-9,14H,2-5,10-11H2,1H3,(H,19,21). The molecule has 1 N–H and O–H groups in total. The molecular formula is C17H21ClN2OS. The highest BCUT2D eigenvalue weighted by Crippen LogP contribution is 2.28. The van der Waals surface area contributed by atoms with Gasteiger partial charge in [0.25, 0.3) is 0 Å². The predicted octanol–water partition coefficient (Wildman–Crippen LogP) is 4.52. The number of hydrogen-bond donors (Lipinski definition) is 1. The van der Waals surface area contributed by atoms with Crippen molar-refractivity contribution in [3.8, 4) is 11.3 Å². The Morgan fingerprint density at radius 3 is 2.82 bits per heavy atom. The molecule has 2 heterocycles. The van der Waals surface area contributed by atoms with E-state index in [4.69, 9.17) is 11.6 Å². The number of benzene rings is 1. The maximum atomic E-state index is 11.9. The average molecular weight is 337 g/mol. The molecule has 0 radical (unpaired) electrons. The van der Waals surface area contributed by atoms with Crippen molar-refractivity contribution in [1.29, 1.82) is 0 Å². The maximum absolute atomic E-state index is 11.9. The molecule has 118 valence electrons. The lowest BCUT2D eigenvalue weighted by molar-refractivity contribution is 0.137. The molecule has 1 aliphatic heterocycles. The number of nitrogens with zero attached hydrogens (tertiary/aromatic N) is 1. The van der Waals surface area contributed by atoms with E-state index < -0.39 is 0 Å². The quantitative estimate of drug-likeness (QED) is 0.891. The van der Waals surface area contributed by atoms with E-state index in [2.05, 4.69) is 16.8 Å². The molecule has 5 heteroatoms. The molecule has 1 unspecified atom stereocenters. The zero-order chi connectivity index (χ0) is 15.5. The van der Waals surface area contributed by atoms with Crippen LogP contribution in [-0.2, 0) is 6.54 Å². The Hall–Kier alpha value is -1.10. The van der Waals surface area contributed by atoms with Crippen molar-refractivity contribution >= 4 is 22.9 Å². The minimum atomic E-state index is 0.0185. The van der Waals surface area contributed by atoms with E-state index in [1.54, 1.807) is 0 Å². The van der Waals surface area contributed by atoms with Gasteiger partial charge in [-0.2, -0.15) is 0 Å². The van der Waals surface area contributed by atoms with Gasteiger partial charge in [-0.05, 0) is 43.5 Å². The Morgan fingerprint density at radius 2 is 2.09 bits per heavy atom. The van der Waals surface area contributed by atoms with E-state index in [9.17, 15) is 4.79 Å². The number of nitrogens with one attached hydrogen (secondary N) is 1. The van der Waals surface area contributed by atoms with Crippen molar-refractivity contribution in [2.45, 2.75) is 45.2 Å². The van der Waals surface area contributed by atoms with Crippen LogP contribution in [0.25, 0.3) is 11.3 Å². The molecular weight excluding hydrogens is 316 g/mol. The molecule has 1 fully saturated rings. The summed E-state index contributed by atoms with van der Waals surface area (Å²) < 4.78 is 0. The van der Waals surface area contributed by atoms with Crippen molar-refractivity contribution in [2.24, 2.45) is 0 Å². The molecule has 1 aliphatic rings. The van der Waals surface area contributed by atoms with Gasteiger partial charge in [0, 0.05) is 22.5 Å². The van der Waals surface area contributed by atoms with Gasteiger partial charge in [0.1, 0.15) is 0 Å². The molecule has 1 aromatic heterocycles. The molecule has 3 rings (SSSR count). The van der Waals surface area contributed by atoms with Gasteiger partial charge in [0.15, 0.2) is 0 Å². The van der Waals surface area contributed by atoms with Crippen molar-refractivity contribution in [3.05, 3.63) is 43.8 Å². The number of thiazole rings is 1. The summed E-state index contributed by atoms with van der Waals surface area (Å²) in [7, 11) is 0. The second-order valence-electron chi connectivity index (χ2n) is 5.85. The summed E-state index contributed by atoms with van der Waals surface area (Å²) in [5.41, 5.74) is 1.98. The van der Waals surface area contributed by atoms with E-state index in [0.717, 1.165) is 29.2 Å². The van der Waals surface area contributed by atoms with Gasteiger partial charge in [-0.1, -0.05) is 48.4 Å². The summed E-state index contributed by atoms with van der Waals surface area (Å²) in [6, 6.07) is 8.32. The number of halogens is 1. The van der Waals surface area contributed by atoms with Crippen LogP contribution in [0.15, 0.2) is 29.1 Å². The highest BCUT2D eigenvalue weighted by molar-refractivity contribution is 7.09. The molecule has 1 saturated heterocycles. The zero-order valence-electron chi connectivity index (χ0n) is 12.8. The van der Waals surface area contributed by atoms with E-state index in [1.165, 1.54) is 37.0 Å². The van der Waals surface area contributed by atoms with Crippen LogP contribution >= 0.6 is 22.9 Å². The van der Waals surface area contributed by atoms with Crippen molar-refractivity contribution in [3.63, 3.8) is 0 Å². The van der Waals surface area contributed by atoms with Crippen LogP contribution < -0.4 is 4.87 Å². The molecule has 3 nitrogen and oxygen atoms in total. The van der Waals surface area contributed by atoms with Gasteiger partial charge < -0.3 is 4.98 Å². The summed E-state index contributed by atoms with van der Waals surface area (Å²) in [5, 5.41) is 0.713. The lowest BCUT2D eigenvalue weighted by Crippen LogP contribution is -2.38. The Bertz CT molecular complexity index is 677. The van der Waals surface area contributed by atoms with E-state index in [0.29, 0.717) is 11.1 Å². The van der Waals surface area contributed by atoms with Crippen molar-refractivity contribution in [2.75, 3.05) is 6.54 Å². The average Bonchev–Trinajstić information content (AvgIpc) is 2.89. The monoisotopic (exact) mass is 336 g/mol. The summed E-state index contributed by atoms with van der Waals surface area (Å²) in [5.74, 6) is 0. The van der Waals surface area contributed by atoms with Gasteiger partial charge in [-0.25, -0.2) is 0 Å². The predicted molar refractivity (Wildman–Crippen MR) is 93.7 cm³/mol. The molecule has 0 bridgehead atoms. The molecule has 2 aromatic rings. The van der Waals surface area contributed by atoms with E-state index in [-0.39, 0.29) is 4.87 Å². The highest BCUT2D eigenvalue weighted by Gasteiger charge is 2.23. The first-order valence-electron chi connectivity index (χ1n) is 7.89. The Kier molecular flexibility index (Phi) is 5.01. The van der Waals surface area contributed by atoms with Gasteiger partial charge >= 0.3 is 4.87 Å². The normalized spacial score (nSPS) is 19.5. The maximum Gasteiger partial charge on any atom is 0.305 e. The first-order chi connectivity index (χ1) is 10.7. The summed E-state index contributed by atoms with van der Waals surface area (Å²) in [6.45, 7) is 4.24. The molecule has 0 aliphatic carbocycles. The van der Waals surface area contributed by atoms with Gasteiger partial charge in [-0.3, -0.25) is 9.69 Å². The third kappa shape index (κ3) is 3.45.